The Morgan fingerprint density at radius 2 is 2.12 bits per heavy atom. The number of ether oxygens (including phenoxy) is 1. The Balaban J connectivity index is 0.00000312. The number of nitrogens with one attached hydrogen (secondary N) is 3. The Labute approximate surface area is 167 Å². The highest BCUT2D eigenvalue weighted by atomic mass is 127. The summed E-state index contributed by atoms with van der Waals surface area (Å²) in [5.74, 6) is 0.684. The normalized spacial score (nSPS) is 19.9. The Hall–Kier alpha value is -1.35. The van der Waals surface area contributed by atoms with Crippen molar-refractivity contribution in [3.05, 3.63) is 35.4 Å². The SMILES string of the molecule is CCNC(=O)c1cccc(CNC(=NC)NCC2(C)CCCO2)c1.I. The quantitative estimate of drug-likeness (QED) is 0.346. The zero-order chi connectivity index (χ0) is 17.4. The number of nitrogens with zero attached hydrogens (tertiary/aromatic N) is 1. The van der Waals surface area contributed by atoms with Crippen molar-refractivity contribution in [2.45, 2.75) is 38.8 Å². The molecule has 1 atom stereocenters. The van der Waals surface area contributed by atoms with Crippen LogP contribution in [0, 0.1) is 0 Å². The Morgan fingerprint density at radius 3 is 2.76 bits per heavy atom. The van der Waals surface area contributed by atoms with E-state index in [1.54, 1.807) is 7.05 Å². The molecule has 1 heterocycles. The number of carbonyl (C=O) groups excluding carboxylic acids is 1. The number of hydrogen-bond donors (Lipinski definition) is 3. The molecule has 1 fully saturated rings. The number of guanidine groups is 1. The Bertz CT molecular complexity index is 586. The third kappa shape index (κ3) is 6.81. The minimum atomic E-state index is -0.115. The zero-order valence-corrected chi connectivity index (χ0v) is 17.6. The second-order valence-electron chi connectivity index (χ2n) is 6.24. The van der Waals surface area contributed by atoms with Crippen molar-refractivity contribution in [3.8, 4) is 0 Å². The van der Waals surface area contributed by atoms with Crippen LogP contribution in [0.15, 0.2) is 29.3 Å². The molecule has 7 heteroatoms. The van der Waals surface area contributed by atoms with Crippen LogP contribution in [0.4, 0.5) is 0 Å². The zero-order valence-electron chi connectivity index (χ0n) is 15.2. The van der Waals surface area contributed by atoms with Gasteiger partial charge in [-0.1, -0.05) is 12.1 Å². The van der Waals surface area contributed by atoms with E-state index in [2.05, 4.69) is 27.9 Å². The average molecular weight is 460 g/mol. The third-order valence-corrected chi connectivity index (χ3v) is 4.14. The van der Waals surface area contributed by atoms with Gasteiger partial charge in [0, 0.05) is 38.9 Å². The molecule has 140 valence electrons. The number of carbonyl (C=O) groups is 1. The van der Waals surface area contributed by atoms with Gasteiger partial charge in [0.25, 0.3) is 5.91 Å². The van der Waals surface area contributed by atoms with Crippen molar-refractivity contribution < 1.29 is 9.53 Å². The van der Waals surface area contributed by atoms with E-state index in [1.165, 1.54) is 0 Å². The molecule has 0 radical (unpaired) electrons. The fourth-order valence-electron chi connectivity index (χ4n) is 2.74. The van der Waals surface area contributed by atoms with Crippen LogP contribution in [0.3, 0.4) is 0 Å². The summed E-state index contributed by atoms with van der Waals surface area (Å²) in [5.41, 5.74) is 1.59. The fraction of sp³-hybridized carbons (Fsp3) is 0.556. The second kappa shape index (κ2) is 10.6. The van der Waals surface area contributed by atoms with Gasteiger partial charge in [0.1, 0.15) is 0 Å². The monoisotopic (exact) mass is 460 g/mol. The minimum Gasteiger partial charge on any atom is -0.373 e. The van der Waals surface area contributed by atoms with Gasteiger partial charge in [0.05, 0.1) is 5.60 Å². The van der Waals surface area contributed by atoms with Gasteiger partial charge >= 0.3 is 0 Å². The molecule has 0 bridgehead atoms. The number of aliphatic imine (C=N–C) groups is 1. The summed E-state index contributed by atoms with van der Waals surface area (Å²) in [6.45, 7) is 6.81. The van der Waals surface area contributed by atoms with Crippen LogP contribution in [0.5, 0.6) is 0 Å². The van der Waals surface area contributed by atoms with Crippen LogP contribution in [0.1, 0.15) is 42.6 Å². The van der Waals surface area contributed by atoms with E-state index in [-0.39, 0.29) is 35.5 Å². The fourth-order valence-corrected chi connectivity index (χ4v) is 2.74. The van der Waals surface area contributed by atoms with Crippen LogP contribution in [0.25, 0.3) is 0 Å². The number of rotatable bonds is 6. The van der Waals surface area contributed by atoms with Crippen molar-refractivity contribution in [3.63, 3.8) is 0 Å². The lowest BCUT2D eigenvalue weighted by atomic mass is 10.0. The molecule has 1 aromatic rings. The topological polar surface area (TPSA) is 74.8 Å². The molecule has 25 heavy (non-hydrogen) atoms. The highest BCUT2D eigenvalue weighted by Crippen LogP contribution is 2.23. The van der Waals surface area contributed by atoms with Crippen LogP contribution in [0.2, 0.25) is 0 Å². The largest absolute Gasteiger partial charge is 0.373 e. The molecular weight excluding hydrogens is 431 g/mol. The van der Waals surface area contributed by atoms with E-state index in [0.29, 0.717) is 18.7 Å². The Morgan fingerprint density at radius 1 is 1.32 bits per heavy atom. The first-order chi connectivity index (χ1) is 11.6. The molecule has 0 aliphatic carbocycles. The van der Waals surface area contributed by atoms with E-state index < -0.39 is 0 Å². The molecule has 2 rings (SSSR count). The third-order valence-electron chi connectivity index (χ3n) is 4.14. The number of hydrogen-bond acceptors (Lipinski definition) is 3. The van der Waals surface area contributed by atoms with E-state index in [4.69, 9.17) is 4.74 Å². The van der Waals surface area contributed by atoms with Gasteiger partial charge in [-0.05, 0) is 44.4 Å². The molecular formula is C18H29IN4O2. The molecule has 6 nitrogen and oxygen atoms in total. The van der Waals surface area contributed by atoms with Gasteiger partial charge in [-0.2, -0.15) is 0 Å². The molecule has 1 aliphatic heterocycles. The number of benzene rings is 1. The first kappa shape index (κ1) is 21.7. The predicted octanol–water partition coefficient (Wildman–Crippen LogP) is 2.29. The minimum absolute atomic E-state index is 0. The first-order valence-corrected chi connectivity index (χ1v) is 8.52. The lowest BCUT2D eigenvalue weighted by Crippen LogP contribution is -2.45. The molecule has 1 amide bonds. The van der Waals surface area contributed by atoms with Gasteiger partial charge < -0.3 is 20.7 Å². The molecule has 0 saturated carbocycles. The van der Waals surface area contributed by atoms with E-state index in [1.807, 2.05) is 31.2 Å². The van der Waals surface area contributed by atoms with Crippen LogP contribution in [-0.2, 0) is 11.3 Å². The maximum absolute atomic E-state index is 11.9. The lowest BCUT2D eigenvalue weighted by molar-refractivity contribution is 0.0243. The van der Waals surface area contributed by atoms with Gasteiger partial charge in [-0.3, -0.25) is 9.79 Å². The summed E-state index contributed by atoms with van der Waals surface area (Å²) in [7, 11) is 1.75. The standard InChI is InChI=1S/C18H28N4O2.HI/c1-4-20-16(23)15-8-5-7-14(11-15)12-21-17(19-3)22-13-18(2)9-6-10-24-18;/h5,7-8,11H,4,6,9-10,12-13H2,1-3H3,(H,20,23)(H2,19,21,22);1H. The van der Waals surface area contributed by atoms with E-state index in [0.717, 1.165) is 37.5 Å². The second-order valence-corrected chi connectivity index (χ2v) is 6.24. The van der Waals surface area contributed by atoms with Crippen molar-refractivity contribution in [2.75, 3.05) is 26.7 Å². The average Bonchev–Trinajstić information content (AvgIpc) is 3.02. The summed E-state index contributed by atoms with van der Waals surface area (Å²) in [4.78, 5) is 16.1. The molecule has 1 saturated heterocycles. The molecule has 1 aliphatic rings. The number of halogens is 1. The predicted molar refractivity (Wildman–Crippen MR) is 112 cm³/mol. The highest BCUT2D eigenvalue weighted by Gasteiger charge is 2.29. The lowest BCUT2D eigenvalue weighted by Gasteiger charge is -2.24. The van der Waals surface area contributed by atoms with Crippen molar-refractivity contribution in [2.24, 2.45) is 4.99 Å². The van der Waals surface area contributed by atoms with Crippen molar-refractivity contribution in [1.29, 1.82) is 0 Å². The van der Waals surface area contributed by atoms with Gasteiger partial charge in [0.15, 0.2) is 5.96 Å². The van der Waals surface area contributed by atoms with Crippen LogP contribution >= 0.6 is 24.0 Å². The van der Waals surface area contributed by atoms with Gasteiger partial charge in [0.2, 0.25) is 0 Å². The molecule has 1 unspecified atom stereocenters. The summed E-state index contributed by atoms with van der Waals surface area (Å²) in [5, 5.41) is 9.40. The van der Waals surface area contributed by atoms with Gasteiger partial charge in [-0.15, -0.1) is 24.0 Å². The smallest absolute Gasteiger partial charge is 0.251 e. The van der Waals surface area contributed by atoms with Crippen LogP contribution < -0.4 is 16.0 Å². The molecule has 0 spiro atoms. The highest BCUT2D eigenvalue weighted by molar-refractivity contribution is 14.0. The summed E-state index contributed by atoms with van der Waals surface area (Å²) in [6, 6.07) is 7.60. The molecule has 1 aromatic carbocycles. The maximum atomic E-state index is 11.9. The maximum Gasteiger partial charge on any atom is 0.251 e. The van der Waals surface area contributed by atoms with E-state index in [9.17, 15) is 4.79 Å². The van der Waals surface area contributed by atoms with Crippen molar-refractivity contribution in [1.82, 2.24) is 16.0 Å². The summed E-state index contributed by atoms with van der Waals surface area (Å²) < 4.78 is 5.77. The van der Waals surface area contributed by atoms with Crippen molar-refractivity contribution >= 4 is 35.8 Å². The van der Waals surface area contributed by atoms with Crippen LogP contribution in [-0.4, -0.2) is 44.2 Å². The number of amides is 1. The summed E-state index contributed by atoms with van der Waals surface area (Å²) >= 11 is 0. The van der Waals surface area contributed by atoms with E-state index >= 15 is 0 Å². The van der Waals surface area contributed by atoms with Gasteiger partial charge in [-0.25, -0.2) is 0 Å². The Kier molecular flexibility index (Phi) is 9.20. The molecule has 0 aromatic heterocycles. The summed E-state index contributed by atoms with van der Waals surface area (Å²) in [6.07, 6.45) is 2.17. The first-order valence-electron chi connectivity index (χ1n) is 8.52. The molecule has 3 N–H and O–H groups in total.